The van der Waals surface area contributed by atoms with Crippen LogP contribution in [0.2, 0.25) is 5.02 Å². The summed E-state index contributed by atoms with van der Waals surface area (Å²) in [6.45, 7) is -2.80. The van der Waals surface area contributed by atoms with Crippen LogP contribution in [0.4, 0.5) is 14.8 Å². The molecule has 1 unspecified atom stereocenters. The van der Waals surface area contributed by atoms with E-state index < -0.39 is 24.1 Å². The van der Waals surface area contributed by atoms with Crippen molar-refractivity contribution in [3.05, 3.63) is 52.2 Å². The Morgan fingerprint density at radius 2 is 2.03 bits per heavy atom. The fourth-order valence-electron chi connectivity index (χ4n) is 4.77. The van der Waals surface area contributed by atoms with Gasteiger partial charge >= 0.3 is 12.6 Å². The number of carbonyl (C=O) groups excluding carboxylic acids is 3. The number of alkyl halides is 2. The number of amides is 3. The van der Waals surface area contributed by atoms with E-state index in [-0.39, 0.29) is 49.0 Å². The number of nitrogens with one attached hydrogen (secondary N) is 2. The molecule has 196 valence electrons. The number of imide groups is 1. The minimum Gasteiger partial charge on any atom is -0.417 e. The van der Waals surface area contributed by atoms with Crippen molar-refractivity contribution in [2.45, 2.75) is 50.4 Å². The highest BCUT2D eigenvalue weighted by Crippen LogP contribution is 2.50. The summed E-state index contributed by atoms with van der Waals surface area (Å²) >= 11 is 6.59. The smallest absolute Gasteiger partial charge is 0.388 e. The molecule has 11 nitrogen and oxygen atoms in total. The van der Waals surface area contributed by atoms with Gasteiger partial charge < -0.3 is 19.4 Å². The number of halogens is 3. The molecule has 1 saturated carbocycles. The average Bonchev–Trinajstić information content (AvgIpc) is 3.37. The number of anilines is 1. The molecule has 2 N–H and O–H groups in total. The number of aromatic nitrogens is 3. The van der Waals surface area contributed by atoms with Gasteiger partial charge in [-0.1, -0.05) is 16.7 Å². The normalized spacial score (nSPS) is 19.9. The maximum Gasteiger partial charge on any atom is 0.388 e. The molecule has 4 heterocycles. The standard InChI is InChI=1S/C24H19ClF2N6O5/c25-15-8-12(7-13-14(15)10-33(21(13)36)16-2-3-17(34)29-19(16)35)24(5-6-24)30-23-32-31-20(38-23)11-1-4-18(28-9-11)37-22(26)27/h1,4,7-9,16,22H,2-3,5-6,10H2,(H,30,32)(H,29,34,35). The van der Waals surface area contributed by atoms with E-state index in [1.54, 1.807) is 12.1 Å². The first kappa shape index (κ1) is 24.2. The summed E-state index contributed by atoms with van der Waals surface area (Å²) in [5.41, 5.74) is 1.63. The Balaban J connectivity index is 1.20. The number of ether oxygens (including phenoxy) is 1. The van der Waals surface area contributed by atoms with E-state index in [0.29, 0.717) is 34.6 Å². The van der Waals surface area contributed by atoms with Crippen molar-refractivity contribution >= 4 is 35.3 Å². The molecular weight excluding hydrogens is 526 g/mol. The molecule has 2 aliphatic heterocycles. The Morgan fingerprint density at radius 1 is 1.21 bits per heavy atom. The van der Waals surface area contributed by atoms with Gasteiger partial charge in [-0.15, -0.1) is 5.10 Å². The van der Waals surface area contributed by atoms with Gasteiger partial charge in [-0.3, -0.25) is 19.7 Å². The molecule has 0 bridgehead atoms. The molecule has 0 spiro atoms. The molecule has 2 fully saturated rings. The lowest BCUT2D eigenvalue weighted by Gasteiger charge is -2.29. The zero-order chi connectivity index (χ0) is 26.6. The third-order valence-electron chi connectivity index (χ3n) is 6.87. The van der Waals surface area contributed by atoms with Gasteiger partial charge in [-0.2, -0.15) is 8.78 Å². The van der Waals surface area contributed by atoms with Gasteiger partial charge in [-0.25, -0.2) is 4.98 Å². The number of pyridine rings is 1. The van der Waals surface area contributed by atoms with Crippen LogP contribution in [0.15, 0.2) is 34.9 Å². The molecule has 38 heavy (non-hydrogen) atoms. The topological polar surface area (TPSA) is 140 Å². The van der Waals surface area contributed by atoms with Gasteiger partial charge in [0.1, 0.15) is 6.04 Å². The summed E-state index contributed by atoms with van der Waals surface area (Å²) in [7, 11) is 0. The summed E-state index contributed by atoms with van der Waals surface area (Å²) in [6.07, 6.45) is 3.13. The van der Waals surface area contributed by atoms with E-state index in [9.17, 15) is 23.2 Å². The quantitative estimate of drug-likeness (QED) is 0.429. The first-order valence-electron chi connectivity index (χ1n) is 11.7. The fraction of sp³-hybridized carbons (Fsp3) is 0.333. The lowest BCUT2D eigenvalue weighted by Crippen LogP contribution is -2.52. The summed E-state index contributed by atoms with van der Waals surface area (Å²) < 4.78 is 34.6. The van der Waals surface area contributed by atoms with Crippen LogP contribution in [0.25, 0.3) is 11.5 Å². The van der Waals surface area contributed by atoms with Crippen LogP contribution in [0.3, 0.4) is 0 Å². The van der Waals surface area contributed by atoms with Crippen LogP contribution in [0.1, 0.15) is 47.2 Å². The SMILES string of the molecule is O=C1CCC(N2Cc3c(Cl)cc(C4(Nc5nnc(-c6ccc(OC(F)F)nc6)o5)CC4)cc3C2=O)C(=O)N1. The number of carbonyl (C=O) groups is 3. The molecule has 1 atom stereocenters. The minimum absolute atomic E-state index is 0.124. The predicted octanol–water partition coefficient (Wildman–Crippen LogP) is 3.25. The molecule has 1 aromatic carbocycles. The number of hydrogen-bond donors (Lipinski definition) is 2. The van der Waals surface area contributed by atoms with Crippen LogP contribution in [0, 0.1) is 0 Å². The van der Waals surface area contributed by atoms with Crippen LogP contribution in [-0.4, -0.2) is 50.5 Å². The van der Waals surface area contributed by atoms with Gasteiger partial charge in [0.15, 0.2) is 0 Å². The fourth-order valence-corrected chi connectivity index (χ4v) is 5.05. The van der Waals surface area contributed by atoms with Crippen molar-refractivity contribution in [2.75, 3.05) is 5.32 Å². The second kappa shape index (κ2) is 9.01. The first-order chi connectivity index (χ1) is 18.2. The Morgan fingerprint density at radius 3 is 2.71 bits per heavy atom. The molecule has 3 aliphatic rings. The van der Waals surface area contributed by atoms with Crippen molar-refractivity contribution in [1.29, 1.82) is 0 Å². The Labute approximate surface area is 218 Å². The third-order valence-corrected chi connectivity index (χ3v) is 7.21. The van der Waals surface area contributed by atoms with Crippen molar-refractivity contribution in [2.24, 2.45) is 0 Å². The van der Waals surface area contributed by atoms with Crippen molar-refractivity contribution < 1.29 is 32.3 Å². The number of nitrogens with zero attached hydrogens (tertiary/aromatic N) is 4. The molecule has 1 aliphatic carbocycles. The van der Waals surface area contributed by atoms with Gasteiger partial charge in [0.05, 0.1) is 11.1 Å². The minimum atomic E-state index is -2.98. The third kappa shape index (κ3) is 4.32. The van der Waals surface area contributed by atoms with Gasteiger partial charge in [0.25, 0.3) is 11.8 Å². The largest absolute Gasteiger partial charge is 0.417 e. The second-order valence-electron chi connectivity index (χ2n) is 9.27. The Hall–Kier alpha value is -4.13. The van der Waals surface area contributed by atoms with Crippen LogP contribution in [-0.2, 0) is 21.7 Å². The van der Waals surface area contributed by atoms with E-state index in [2.05, 4.69) is 30.6 Å². The summed E-state index contributed by atoms with van der Waals surface area (Å²) in [5, 5.41) is 13.9. The second-order valence-corrected chi connectivity index (χ2v) is 9.67. The van der Waals surface area contributed by atoms with E-state index >= 15 is 0 Å². The molecule has 14 heteroatoms. The molecular formula is C24H19ClF2N6O5. The lowest BCUT2D eigenvalue weighted by atomic mass is 9.99. The molecule has 1 saturated heterocycles. The number of rotatable bonds is 7. The summed E-state index contributed by atoms with van der Waals surface area (Å²) in [4.78, 5) is 42.4. The number of hydrogen-bond acceptors (Lipinski definition) is 9. The highest BCUT2D eigenvalue weighted by molar-refractivity contribution is 6.32. The Kier molecular flexibility index (Phi) is 5.74. The molecule has 2 aromatic heterocycles. The Bertz CT molecular complexity index is 1460. The zero-order valence-electron chi connectivity index (χ0n) is 19.5. The first-order valence-corrected chi connectivity index (χ1v) is 12.1. The molecule has 3 aromatic rings. The summed E-state index contributed by atoms with van der Waals surface area (Å²) in [6, 6.07) is 5.67. The molecule has 0 radical (unpaired) electrons. The van der Waals surface area contributed by atoms with Crippen LogP contribution >= 0.6 is 11.6 Å². The highest BCUT2D eigenvalue weighted by atomic mass is 35.5. The molecule has 3 amide bonds. The van der Waals surface area contributed by atoms with Gasteiger partial charge in [-0.05, 0) is 43.0 Å². The number of benzene rings is 1. The number of piperidine rings is 1. The molecule has 6 rings (SSSR count). The maximum atomic E-state index is 13.3. The van der Waals surface area contributed by atoms with E-state index in [1.165, 1.54) is 23.2 Å². The predicted molar refractivity (Wildman–Crippen MR) is 126 cm³/mol. The van der Waals surface area contributed by atoms with Gasteiger partial charge in [0.2, 0.25) is 17.7 Å². The van der Waals surface area contributed by atoms with Crippen molar-refractivity contribution in [3.63, 3.8) is 0 Å². The van der Waals surface area contributed by atoms with Crippen molar-refractivity contribution in [3.8, 4) is 17.3 Å². The zero-order valence-corrected chi connectivity index (χ0v) is 20.3. The highest BCUT2D eigenvalue weighted by Gasteiger charge is 2.48. The van der Waals surface area contributed by atoms with Crippen LogP contribution in [0.5, 0.6) is 5.88 Å². The van der Waals surface area contributed by atoms with E-state index in [0.717, 1.165) is 5.56 Å². The van der Waals surface area contributed by atoms with E-state index in [4.69, 9.17) is 16.0 Å². The average molecular weight is 545 g/mol. The van der Waals surface area contributed by atoms with Crippen LogP contribution < -0.4 is 15.4 Å². The summed E-state index contributed by atoms with van der Waals surface area (Å²) in [5.74, 6) is -1.27. The monoisotopic (exact) mass is 544 g/mol. The van der Waals surface area contributed by atoms with E-state index in [1.807, 2.05) is 0 Å². The van der Waals surface area contributed by atoms with Gasteiger partial charge in [0, 0.05) is 41.4 Å². The van der Waals surface area contributed by atoms with Crippen molar-refractivity contribution in [1.82, 2.24) is 25.4 Å². The maximum absolute atomic E-state index is 13.3. The number of fused-ring (bicyclic) bond motifs is 1. The lowest BCUT2D eigenvalue weighted by molar-refractivity contribution is -0.136.